The van der Waals surface area contributed by atoms with Crippen molar-refractivity contribution in [2.45, 2.75) is 13.8 Å². The van der Waals surface area contributed by atoms with Gasteiger partial charge in [0.25, 0.3) is 5.56 Å². The molecule has 7 heteroatoms. The smallest absolute Gasteiger partial charge is 0.330 e. The van der Waals surface area contributed by atoms with Crippen LogP contribution in [0.1, 0.15) is 11.3 Å². The van der Waals surface area contributed by atoms with E-state index in [1.165, 1.54) is 11.6 Å². The van der Waals surface area contributed by atoms with Gasteiger partial charge in [0.2, 0.25) is 0 Å². The fourth-order valence-corrected chi connectivity index (χ4v) is 2.72. The number of pyridine rings is 1. The molecule has 0 atom stereocenters. The number of hydrogen-bond donors (Lipinski definition) is 1. The molecule has 1 N–H and O–H groups in total. The van der Waals surface area contributed by atoms with Gasteiger partial charge in [-0.1, -0.05) is 17.6 Å². The summed E-state index contributed by atoms with van der Waals surface area (Å²) >= 11 is 0. The Morgan fingerprint density at radius 3 is 2.54 bits per heavy atom. The van der Waals surface area contributed by atoms with Gasteiger partial charge in [-0.05, 0) is 31.5 Å². The predicted octanol–water partition coefficient (Wildman–Crippen LogP) is 0.786. The number of aromatic nitrogens is 3. The molecule has 0 aliphatic carbocycles. The molecule has 2 heterocycles. The number of anilines is 2. The lowest BCUT2D eigenvalue weighted by atomic mass is 9.90. The molecule has 0 aliphatic rings. The van der Waals surface area contributed by atoms with E-state index < -0.39 is 0 Å². The van der Waals surface area contributed by atoms with Gasteiger partial charge in [0.15, 0.2) is 0 Å². The minimum atomic E-state index is -0.385. The highest BCUT2D eigenvalue weighted by Crippen LogP contribution is 2.23. The molecular formula is C17H17BN4O2. The van der Waals surface area contributed by atoms with Gasteiger partial charge in [-0.2, -0.15) is 0 Å². The van der Waals surface area contributed by atoms with Crippen LogP contribution >= 0.6 is 0 Å². The molecule has 0 saturated heterocycles. The second-order valence-corrected chi connectivity index (χ2v) is 5.86. The standard InChI is InChI=1S/C17H17BN4O2/c1-9-8-13-14(16(23)22(4)17(24)21(13)3)15(19-9)20-12-7-5-6-11(18)10(12)2/h5-8H,1-4H3,(H,19,20). The lowest BCUT2D eigenvalue weighted by Gasteiger charge is -2.15. The van der Waals surface area contributed by atoms with Crippen LogP contribution in [0.3, 0.4) is 0 Å². The number of nitrogens with zero attached hydrogens (tertiary/aromatic N) is 3. The number of aryl methyl sites for hydroxylation is 2. The molecule has 2 aromatic heterocycles. The Morgan fingerprint density at radius 1 is 1.12 bits per heavy atom. The highest BCUT2D eigenvalue weighted by Gasteiger charge is 2.15. The molecule has 0 spiro atoms. The van der Waals surface area contributed by atoms with Crippen molar-refractivity contribution in [3.63, 3.8) is 0 Å². The van der Waals surface area contributed by atoms with Gasteiger partial charge in [-0.3, -0.25) is 13.9 Å². The number of rotatable bonds is 2. The summed E-state index contributed by atoms with van der Waals surface area (Å²) in [5.41, 5.74) is 2.78. The molecule has 1 aromatic carbocycles. The Morgan fingerprint density at radius 2 is 1.83 bits per heavy atom. The van der Waals surface area contributed by atoms with Gasteiger partial charge in [0, 0.05) is 25.5 Å². The largest absolute Gasteiger partial charge is 0.339 e. The summed E-state index contributed by atoms with van der Waals surface area (Å²) in [5, 5.41) is 3.56. The first-order valence-electron chi connectivity index (χ1n) is 7.50. The zero-order valence-corrected chi connectivity index (χ0v) is 14.0. The fraction of sp³-hybridized carbons (Fsp3) is 0.235. The van der Waals surface area contributed by atoms with Gasteiger partial charge in [-0.15, -0.1) is 0 Å². The maximum absolute atomic E-state index is 12.6. The van der Waals surface area contributed by atoms with Crippen molar-refractivity contribution in [2.24, 2.45) is 14.1 Å². The van der Waals surface area contributed by atoms with E-state index >= 15 is 0 Å². The normalized spacial score (nSPS) is 11.0. The van der Waals surface area contributed by atoms with Crippen molar-refractivity contribution >= 4 is 35.7 Å². The minimum Gasteiger partial charge on any atom is -0.339 e. The summed E-state index contributed by atoms with van der Waals surface area (Å²) in [6, 6.07) is 7.24. The molecule has 0 saturated carbocycles. The first-order valence-corrected chi connectivity index (χ1v) is 7.50. The Bertz CT molecular complexity index is 1080. The maximum Gasteiger partial charge on any atom is 0.330 e. The van der Waals surface area contributed by atoms with E-state index in [0.717, 1.165) is 15.8 Å². The third-order valence-electron chi connectivity index (χ3n) is 4.21. The summed E-state index contributed by atoms with van der Waals surface area (Å²) in [7, 11) is 9.04. The lowest BCUT2D eigenvalue weighted by molar-refractivity contribution is 0.713. The second-order valence-electron chi connectivity index (χ2n) is 5.86. The van der Waals surface area contributed by atoms with Crippen LogP contribution in [0.15, 0.2) is 33.9 Å². The SMILES string of the molecule is [B]c1cccc(Nc2nc(C)cc3c2c(=O)n(C)c(=O)n3C)c1C. The van der Waals surface area contributed by atoms with Crippen LogP contribution in [-0.4, -0.2) is 22.0 Å². The summed E-state index contributed by atoms with van der Waals surface area (Å²) in [6.07, 6.45) is 0. The molecule has 3 rings (SSSR count). The van der Waals surface area contributed by atoms with Crippen molar-refractivity contribution in [2.75, 3.05) is 5.32 Å². The van der Waals surface area contributed by atoms with E-state index in [-0.39, 0.29) is 11.2 Å². The average Bonchev–Trinajstić information content (AvgIpc) is 2.54. The molecule has 0 fully saturated rings. The third-order valence-corrected chi connectivity index (χ3v) is 4.21. The van der Waals surface area contributed by atoms with Crippen LogP contribution in [0, 0.1) is 13.8 Å². The lowest BCUT2D eigenvalue weighted by Crippen LogP contribution is -2.37. The fourth-order valence-electron chi connectivity index (χ4n) is 2.72. The van der Waals surface area contributed by atoms with E-state index in [2.05, 4.69) is 10.3 Å². The average molecular weight is 320 g/mol. The number of hydrogen-bond acceptors (Lipinski definition) is 4. The van der Waals surface area contributed by atoms with Crippen LogP contribution < -0.4 is 22.0 Å². The van der Waals surface area contributed by atoms with Crippen LogP contribution in [-0.2, 0) is 14.1 Å². The van der Waals surface area contributed by atoms with E-state index in [0.29, 0.717) is 27.9 Å². The van der Waals surface area contributed by atoms with Crippen molar-refractivity contribution in [1.82, 2.24) is 14.1 Å². The quantitative estimate of drug-likeness (QED) is 0.709. The van der Waals surface area contributed by atoms with Gasteiger partial charge in [0.05, 0.1) is 5.52 Å². The third kappa shape index (κ3) is 2.42. The first-order chi connectivity index (χ1) is 11.3. The van der Waals surface area contributed by atoms with Crippen LogP contribution in [0.25, 0.3) is 10.9 Å². The minimum absolute atomic E-state index is 0.368. The zero-order chi connectivity index (χ0) is 17.6. The van der Waals surface area contributed by atoms with Crippen molar-refractivity contribution in [3.05, 3.63) is 56.4 Å². The highest BCUT2D eigenvalue weighted by atomic mass is 16.2. The molecular weight excluding hydrogens is 303 g/mol. The summed E-state index contributed by atoms with van der Waals surface area (Å²) in [4.78, 5) is 29.2. The first kappa shape index (κ1) is 16.0. The van der Waals surface area contributed by atoms with E-state index in [4.69, 9.17) is 7.85 Å². The molecule has 2 radical (unpaired) electrons. The molecule has 120 valence electrons. The van der Waals surface area contributed by atoms with Crippen LogP contribution in [0.2, 0.25) is 0 Å². The van der Waals surface area contributed by atoms with E-state index in [1.54, 1.807) is 13.1 Å². The van der Waals surface area contributed by atoms with Crippen LogP contribution in [0.4, 0.5) is 11.5 Å². The van der Waals surface area contributed by atoms with Gasteiger partial charge in [0.1, 0.15) is 19.1 Å². The molecule has 24 heavy (non-hydrogen) atoms. The molecule has 0 bridgehead atoms. The molecule has 0 aliphatic heterocycles. The topological polar surface area (TPSA) is 68.9 Å². The summed E-state index contributed by atoms with van der Waals surface area (Å²) in [6.45, 7) is 3.71. The van der Waals surface area contributed by atoms with Gasteiger partial charge in [-0.25, -0.2) is 9.78 Å². The maximum atomic E-state index is 12.6. The van der Waals surface area contributed by atoms with Crippen LogP contribution in [0.5, 0.6) is 0 Å². The second kappa shape index (κ2) is 5.67. The van der Waals surface area contributed by atoms with E-state index in [1.807, 2.05) is 32.0 Å². The molecule has 0 amide bonds. The van der Waals surface area contributed by atoms with Crippen molar-refractivity contribution in [3.8, 4) is 0 Å². The zero-order valence-electron chi connectivity index (χ0n) is 14.0. The Kier molecular flexibility index (Phi) is 3.79. The van der Waals surface area contributed by atoms with Crippen molar-refractivity contribution in [1.29, 1.82) is 0 Å². The molecule has 0 unspecified atom stereocenters. The Balaban J connectivity index is 2.35. The highest BCUT2D eigenvalue weighted by molar-refractivity contribution is 6.33. The van der Waals surface area contributed by atoms with Gasteiger partial charge < -0.3 is 5.32 Å². The summed E-state index contributed by atoms with van der Waals surface area (Å²) < 4.78 is 2.53. The van der Waals surface area contributed by atoms with Crippen molar-refractivity contribution < 1.29 is 0 Å². The Hall–Kier alpha value is -2.83. The van der Waals surface area contributed by atoms with E-state index in [9.17, 15) is 9.59 Å². The predicted molar refractivity (Wildman–Crippen MR) is 96.8 cm³/mol. The number of benzene rings is 1. The summed E-state index contributed by atoms with van der Waals surface area (Å²) in [5.74, 6) is 0.412. The number of fused-ring (bicyclic) bond motifs is 1. The number of nitrogens with one attached hydrogen (secondary N) is 1. The molecule has 6 nitrogen and oxygen atoms in total. The van der Waals surface area contributed by atoms with Gasteiger partial charge >= 0.3 is 5.69 Å². The molecule has 3 aromatic rings. The Labute approximate surface area is 140 Å². The monoisotopic (exact) mass is 320 g/mol.